The van der Waals surface area contributed by atoms with E-state index in [0.29, 0.717) is 0 Å². The van der Waals surface area contributed by atoms with E-state index >= 15 is 0 Å². The number of hydrogen-bond donors (Lipinski definition) is 2. The van der Waals surface area contributed by atoms with Gasteiger partial charge in [-0.05, 0) is 0 Å². The first-order valence-electron chi connectivity index (χ1n) is 4.30. The van der Waals surface area contributed by atoms with Gasteiger partial charge in [-0.2, -0.15) is 0 Å². The number of carbonyl (C=O) groups excluding carboxylic acids is 2. The highest BCUT2D eigenvalue weighted by Gasteiger charge is 2.39. The van der Waals surface area contributed by atoms with Crippen molar-refractivity contribution in [3.05, 3.63) is 35.9 Å². The van der Waals surface area contributed by atoms with Gasteiger partial charge in [-0.25, -0.2) is 4.39 Å². The highest BCUT2D eigenvalue weighted by molar-refractivity contribution is 5.89. The molecule has 4 nitrogen and oxygen atoms in total. The summed E-state index contributed by atoms with van der Waals surface area (Å²) in [5.41, 5.74) is 4.93. The van der Waals surface area contributed by atoms with Gasteiger partial charge in [-0.1, -0.05) is 30.3 Å². The maximum atomic E-state index is 14.1. The number of rotatable bonds is 3. The fourth-order valence-corrected chi connectivity index (χ4v) is 1.19. The molecule has 15 heavy (non-hydrogen) atoms. The summed E-state index contributed by atoms with van der Waals surface area (Å²) < 4.78 is 14.1. The Balaban J connectivity index is 3.13. The minimum Gasteiger partial charge on any atom is -0.365 e. The summed E-state index contributed by atoms with van der Waals surface area (Å²) in [6.45, 7) is 1.11. The SMILES string of the molecule is CC(=O)NC(F)(C(N)=O)c1ccccc1. The number of nitrogens with two attached hydrogens (primary N) is 1. The Morgan fingerprint density at radius 2 is 1.87 bits per heavy atom. The van der Waals surface area contributed by atoms with Gasteiger partial charge in [-0.3, -0.25) is 9.59 Å². The lowest BCUT2D eigenvalue weighted by atomic mass is 10.0. The molecule has 1 aromatic rings. The molecule has 0 aliphatic carbocycles. The molecule has 0 aliphatic rings. The Bertz CT molecular complexity index is 380. The van der Waals surface area contributed by atoms with Crippen LogP contribution >= 0.6 is 0 Å². The van der Waals surface area contributed by atoms with Crippen LogP contribution in [-0.2, 0) is 15.4 Å². The highest BCUT2D eigenvalue weighted by atomic mass is 19.1. The van der Waals surface area contributed by atoms with Gasteiger partial charge in [-0.15, -0.1) is 0 Å². The summed E-state index contributed by atoms with van der Waals surface area (Å²) in [7, 11) is 0. The molecule has 80 valence electrons. The molecular weight excluding hydrogens is 199 g/mol. The number of alkyl halides is 1. The molecule has 5 heteroatoms. The monoisotopic (exact) mass is 210 g/mol. The minimum atomic E-state index is -2.65. The summed E-state index contributed by atoms with van der Waals surface area (Å²) in [5.74, 6) is -4.56. The van der Waals surface area contributed by atoms with E-state index in [2.05, 4.69) is 0 Å². The van der Waals surface area contributed by atoms with E-state index in [4.69, 9.17) is 5.73 Å². The van der Waals surface area contributed by atoms with Crippen LogP contribution in [-0.4, -0.2) is 11.8 Å². The van der Waals surface area contributed by atoms with Crippen LogP contribution in [0.15, 0.2) is 30.3 Å². The summed E-state index contributed by atoms with van der Waals surface area (Å²) in [5, 5.41) is 1.89. The molecule has 3 N–H and O–H groups in total. The maximum absolute atomic E-state index is 14.1. The van der Waals surface area contributed by atoms with Gasteiger partial charge in [0.2, 0.25) is 5.91 Å². The zero-order valence-corrected chi connectivity index (χ0v) is 8.16. The van der Waals surface area contributed by atoms with Crippen LogP contribution in [0.3, 0.4) is 0 Å². The molecule has 0 saturated carbocycles. The van der Waals surface area contributed by atoms with Crippen LogP contribution in [0.4, 0.5) is 4.39 Å². The lowest BCUT2D eigenvalue weighted by molar-refractivity contribution is -0.138. The molecule has 1 rings (SSSR count). The van der Waals surface area contributed by atoms with Crippen LogP contribution in [0.25, 0.3) is 0 Å². The lowest BCUT2D eigenvalue weighted by Gasteiger charge is -2.22. The third-order valence-electron chi connectivity index (χ3n) is 1.86. The first-order valence-corrected chi connectivity index (χ1v) is 4.30. The quantitative estimate of drug-likeness (QED) is 0.710. The zero-order valence-electron chi connectivity index (χ0n) is 8.16. The number of amides is 2. The number of halogens is 1. The van der Waals surface area contributed by atoms with Crippen LogP contribution in [0.5, 0.6) is 0 Å². The molecule has 0 fully saturated rings. The van der Waals surface area contributed by atoms with Crippen molar-refractivity contribution in [1.82, 2.24) is 5.32 Å². The van der Waals surface area contributed by atoms with Crippen LogP contribution < -0.4 is 11.1 Å². The van der Waals surface area contributed by atoms with Crippen LogP contribution in [0.1, 0.15) is 12.5 Å². The van der Waals surface area contributed by atoms with Gasteiger partial charge in [0.05, 0.1) is 0 Å². The first-order chi connectivity index (χ1) is 6.97. The second-order valence-electron chi connectivity index (χ2n) is 3.07. The summed E-state index contributed by atoms with van der Waals surface area (Å²) in [4.78, 5) is 21.8. The third-order valence-corrected chi connectivity index (χ3v) is 1.86. The van der Waals surface area contributed by atoms with Crippen molar-refractivity contribution in [3.63, 3.8) is 0 Å². The molecule has 1 aromatic carbocycles. The predicted molar refractivity (Wildman–Crippen MR) is 52.2 cm³/mol. The predicted octanol–water partition coefficient (Wildman–Crippen LogP) is 0.430. The van der Waals surface area contributed by atoms with Gasteiger partial charge in [0, 0.05) is 12.5 Å². The fourth-order valence-electron chi connectivity index (χ4n) is 1.19. The van der Waals surface area contributed by atoms with Crippen molar-refractivity contribution in [2.45, 2.75) is 12.7 Å². The highest BCUT2D eigenvalue weighted by Crippen LogP contribution is 2.22. The standard InChI is InChI=1S/C10H11FN2O2/c1-7(14)13-10(11,9(12)15)8-5-3-2-4-6-8/h2-6H,1H3,(H2,12,15)(H,13,14). The number of hydrogen-bond acceptors (Lipinski definition) is 2. The maximum Gasteiger partial charge on any atom is 0.286 e. The normalized spacial score (nSPS) is 14.0. The van der Waals surface area contributed by atoms with E-state index in [1.54, 1.807) is 18.2 Å². The lowest BCUT2D eigenvalue weighted by Crippen LogP contribution is -2.51. The van der Waals surface area contributed by atoms with E-state index in [0.717, 1.165) is 6.92 Å². The third kappa shape index (κ3) is 2.31. The minimum absolute atomic E-state index is 0.00713. The van der Waals surface area contributed by atoms with Crippen LogP contribution in [0.2, 0.25) is 0 Å². The molecule has 0 heterocycles. The summed E-state index contributed by atoms with van der Waals surface area (Å²) in [6, 6.07) is 7.52. The van der Waals surface area contributed by atoms with E-state index in [9.17, 15) is 14.0 Å². The van der Waals surface area contributed by atoms with Gasteiger partial charge in [0.1, 0.15) is 0 Å². The van der Waals surface area contributed by atoms with Gasteiger partial charge in [0.25, 0.3) is 11.7 Å². The molecule has 0 radical (unpaired) electrons. The van der Waals surface area contributed by atoms with Crippen molar-refractivity contribution in [2.75, 3.05) is 0 Å². The second kappa shape index (κ2) is 4.08. The molecule has 0 aromatic heterocycles. The number of carbonyl (C=O) groups is 2. The van der Waals surface area contributed by atoms with E-state index in [1.807, 2.05) is 5.32 Å². The smallest absolute Gasteiger partial charge is 0.286 e. The second-order valence-corrected chi connectivity index (χ2v) is 3.07. The molecule has 0 bridgehead atoms. The Hall–Kier alpha value is -1.91. The summed E-state index contributed by atoms with van der Waals surface area (Å²) in [6.07, 6.45) is 0. The Morgan fingerprint density at radius 3 is 2.27 bits per heavy atom. The molecule has 0 saturated heterocycles. The largest absolute Gasteiger partial charge is 0.365 e. The van der Waals surface area contributed by atoms with Gasteiger partial charge in [0.15, 0.2) is 0 Å². The topological polar surface area (TPSA) is 72.2 Å². The number of nitrogens with one attached hydrogen (secondary N) is 1. The van der Waals surface area contributed by atoms with Gasteiger partial charge >= 0.3 is 0 Å². The Morgan fingerprint density at radius 1 is 1.33 bits per heavy atom. The average Bonchev–Trinajstić information content (AvgIpc) is 2.17. The zero-order chi connectivity index (χ0) is 11.5. The molecule has 1 atom stereocenters. The fraction of sp³-hybridized carbons (Fsp3) is 0.200. The molecule has 0 spiro atoms. The molecular formula is C10H11FN2O2. The molecule has 0 aliphatic heterocycles. The van der Waals surface area contributed by atoms with Crippen molar-refractivity contribution in [2.24, 2.45) is 5.73 Å². The molecule has 2 amide bonds. The first kappa shape index (κ1) is 11.2. The van der Waals surface area contributed by atoms with Crippen LogP contribution in [0, 0.1) is 0 Å². The Labute approximate surface area is 86.3 Å². The van der Waals surface area contributed by atoms with Gasteiger partial charge < -0.3 is 11.1 Å². The van der Waals surface area contributed by atoms with Crippen molar-refractivity contribution in [3.8, 4) is 0 Å². The Kier molecular flexibility index (Phi) is 3.04. The van der Waals surface area contributed by atoms with E-state index in [-0.39, 0.29) is 5.56 Å². The van der Waals surface area contributed by atoms with E-state index < -0.39 is 17.6 Å². The number of benzene rings is 1. The van der Waals surface area contributed by atoms with Crippen molar-refractivity contribution >= 4 is 11.8 Å². The van der Waals surface area contributed by atoms with Crippen molar-refractivity contribution < 1.29 is 14.0 Å². The number of primary amides is 1. The summed E-state index contributed by atoms with van der Waals surface area (Å²) >= 11 is 0. The van der Waals surface area contributed by atoms with Crippen molar-refractivity contribution in [1.29, 1.82) is 0 Å². The average molecular weight is 210 g/mol. The van der Waals surface area contributed by atoms with E-state index in [1.165, 1.54) is 12.1 Å². The molecule has 1 unspecified atom stereocenters.